The molecule has 1 aromatic heterocycles. The molecule has 31 heavy (non-hydrogen) atoms. The Bertz CT molecular complexity index is 908. The molecule has 0 spiro atoms. The van der Waals surface area contributed by atoms with E-state index in [0.717, 1.165) is 68.8 Å². The molecule has 1 unspecified atom stereocenters. The van der Waals surface area contributed by atoms with E-state index in [4.69, 9.17) is 17.2 Å². The summed E-state index contributed by atoms with van der Waals surface area (Å²) in [5.41, 5.74) is 3.30. The van der Waals surface area contributed by atoms with Crippen molar-refractivity contribution in [2.75, 3.05) is 69.1 Å². The van der Waals surface area contributed by atoms with Crippen LogP contribution in [-0.2, 0) is 0 Å². The van der Waals surface area contributed by atoms with Gasteiger partial charge in [-0.2, -0.15) is 0 Å². The summed E-state index contributed by atoms with van der Waals surface area (Å²) >= 11 is 5.51. The van der Waals surface area contributed by atoms with Crippen molar-refractivity contribution in [3.63, 3.8) is 0 Å². The number of rotatable bonds is 6. The topological polar surface area (TPSA) is 46.7 Å². The van der Waals surface area contributed by atoms with Gasteiger partial charge in [0, 0.05) is 56.9 Å². The largest absolute Gasteiger partial charge is 0.361 e. The van der Waals surface area contributed by atoms with Gasteiger partial charge >= 0.3 is 0 Å². The van der Waals surface area contributed by atoms with Gasteiger partial charge in [-0.05, 0) is 74.4 Å². The van der Waals surface area contributed by atoms with E-state index in [1.54, 1.807) is 0 Å². The molecule has 2 N–H and O–H groups in total. The van der Waals surface area contributed by atoms with Gasteiger partial charge in [0.1, 0.15) is 5.82 Å². The summed E-state index contributed by atoms with van der Waals surface area (Å²) in [5.74, 6) is 1.91. The molecule has 168 valence electrons. The lowest BCUT2D eigenvalue weighted by Gasteiger charge is -2.35. The molecule has 2 aliphatic heterocycles. The number of aryl methyl sites for hydroxylation is 1. The molecule has 0 amide bonds. The minimum Gasteiger partial charge on any atom is -0.361 e. The molecule has 2 saturated heterocycles. The lowest BCUT2D eigenvalue weighted by molar-refractivity contribution is 0.270. The van der Waals surface area contributed by atoms with Crippen molar-refractivity contribution in [3.05, 3.63) is 29.8 Å². The fourth-order valence-corrected chi connectivity index (χ4v) is 4.86. The van der Waals surface area contributed by atoms with Crippen molar-refractivity contribution < 1.29 is 0 Å². The Morgan fingerprint density at radius 2 is 1.94 bits per heavy atom. The molecule has 0 bridgehead atoms. The minimum atomic E-state index is 0.683. The first-order chi connectivity index (χ1) is 15.0. The quantitative estimate of drug-likeness (QED) is 0.668. The van der Waals surface area contributed by atoms with Gasteiger partial charge < -0.3 is 25.3 Å². The van der Waals surface area contributed by atoms with Crippen LogP contribution in [0.1, 0.15) is 25.8 Å². The van der Waals surface area contributed by atoms with Crippen LogP contribution in [0.15, 0.2) is 24.3 Å². The smallest absolute Gasteiger partial charge is 0.170 e. The van der Waals surface area contributed by atoms with Crippen molar-refractivity contribution >= 4 is 39.7 Å². The van der Waals surface area contributed by atoms with Crippen LogP contribution in [0.4, 0.5) is 11.5 Å². The van der Waals surface area contributed by atoms with Crippen LogP contribution in [0.25, 0.3) is 10.9 Å². The number of likely N-dealkylation sites (tertiary alicyclic amines) is 1. The monoisotopic (exact) mass is 440 g/mol. The third kappa shape index (κ3) is 5.64. The molecule has 7 heteroatoms. The van der Waals surface area contributed by atoms with Crippen molar-refractivity contribution in [2.24, 2.45) is 5.92 Å². The van der Waals surface area contributed by atoms with E-state index in [9.17, 15) is 0 Å². The maximum atomic E-state index is 5.51. The number of anilines is 2. The molecule has 1 atom stereocenters. The Labute approximate surface area is 192 Å². The van der Waals surface area contributed by atoms with Crippen LogP contribution in [0.2, 0.25) is 0 Å². The van der Waals surface area contributed by atoms with E-state index in [-0.39, 0.29) is 0 Å². The van der Waals surface area contributed by atoms with Crippen molar-refractivity contribution in [3.8, 4) is 0 Å². The Hall–Kier alpha value is -1.96. The molecule has 3 heterocycles. The van der Waals surface area contributed by atoms with Gasteiger partial charge in [0.25, 0.3) is 0 Å². The molecular weight excluding hydrogens is 404 g/mol. The fourth-order valence-electron chi connectivity index (χ4n) is 4.64. The summed E-state index contributed by atoms with van der Waals surface area (Å²) in [6, 6.07) is 8.56. The van der Waals surface area contributed by atoms with Gasteiger partial charge in [-0.1, -0.05) is 13.8 Å². The number of pyridine rings is 1. The number of piperazine rings is 1. The molecule has 2 aliphatic rings. The molecule has 0 aliphatic carbocycles. The number of hydrogen-bond donors (Lipinski definition) is 2. The van der Waals surface area contributed by atoms with Gasteiger partial charge in [-0.3, -0.25) is 0 Å². The van der Waals surface area contributed by atoms with Gasteiger partial charge in [0.05, 0.1) is 5.52 Å². The van der Waals surface area contributed by atoms with E-state index >= 15 is 0 Å². The zero-order chi connectivity index (χ0) is 21.8. The first-order valence-corrected chi connectivity index (χ1v) is 12.1. The highest BCUT2D eigenvalue weighted by atomic mass is 32.1. The predicted molar refractivity (Wildman–Crippen MR) is 135 cm³/mol. The average Bonchev–Trinajstić information content (AvgIpc) is 3.19. The maximum absolute atomic E-state index is 5.51. The summed E-state index contributed by atoms with van der Waals surface area (Å²) in [4.78, 5) is 12.4. The van der Waals surface area contributed by atoms with Crippen LogP contribution in [0.3, 0.4) is 0 Å². The Morgan fingerprint density at radius 3 is 2.65 bits per heavy atom. The Morgan fingerprint density at radius 1 is 1.13 bits per heavy atom. The molecular formula is C24H36N6S. The van der Waals surface area contributed by atoms with E-state index in [2.05, 4.69) is 70.4 Å². The molecule has 1 aromatic carbocycles. The van der Waals surface area contributed by atoms with Crippen LogP contribution < -0.4 is 15.5 Å². The number of thiocarbonyl (C=S) groups is 1. The third-order valence-electron chi connectivity index (χ3n) is 6.62. The van der Waals surface area contributed by atoms with Gasteiger partial charge in [-0.25, -0.2) is 4.98 Å². The zero-order valence-electron chi connectivity index (χ0n) is 19.2. The van der Waals surface area contributed by atoms with E-state index in [1.807, 2.05) is 0 Å². The van der Waals surface area contributed by atoms with Gasteiger partial charge in [-0.15, -0.1) is 0 Å². The predicted octanol–water partition coefficient (Wildman–Crippen LogP) is 3.31. The summed E-state index contributed by atoms with van der Waals surface area (Å²) in [6.07, 6.45) is 1.31. The lowest BCUT2D eigenvalue weighted by Crippen LogP contribution is -2.46. The summed E-state index contributed by atoms with van der Waals surface area (Å²) in [6.45, 7) is 16.5. The number of benzene rings is 1. The number of fused-ring (bicyclic) bond motifs is 1. The molecule has 4 rings (SSSR count). The van der Waals surface area contributed by atoms with Crippen LogP contribution in [0, 0.1) is 12.8 Å². The van der Waals surface area contributed by atoms with Crippen molar-refractivity contribution in [2.45, 2.75) is 27.2 Å². The fraction of sp³-hybridized carbons (Fsp3) is 0.583. The highest BCUT2D eigenvalue weighted by molar-refractivity contribution is 7.80. The number of aromatic nitrogens is 1. The summed E-state index contributed by atoms with van der Waals surface area (Å²) in [7, 11) is 0. The molecule has 0 radical (unpaired) electrons. The second-order valence-electron chi connectivity index (χ2n) is 9.03. The number of nitrogens with zero attached hydrogens (tertiary/aromatic N) is 4. The second kappa shape index (κ2) is 10.1. The number of hydrogen-bond acceptors (Lipinski definition) is 5. The summed E-state index contributed by atoms with van der Waals surface area (Å²) < 4.78 is 0. The van der Waals surface area contributed by atoms with Crippen molar-refractivity contribution in [1.82, 2.24) is 20.1 Å². The average molecular weight is 441 g/mol. The molecule has 2 aromatic rings. The lowest BCUT2D eigenvalue weighted by atomic mass is 10.1. The summed E-state index contributed by atoms with van der Waals surface area (Å²) in [5, 5.41) is 8.55. The molecule has 0 saturated carbocycles. The van der Waals surface area contributed by atoms with Gasteiger partial charge in [0.15, 0.2) is 5.11 Å². The SMILES string of the molecule is CCN1CCN(c2cc(C)c3cc(NC(=S)NCCN4CCC(C)C4)ccc3n2)CC1. The normalized spacial score (nSPS) is 20.4. The minimum absolute atomic E-state index is 0.683. The van der Waals surface area contributed by atoms with E-state index in [1.165, 1.54) is 30.5 Å². The van der Waals surface area contributed by atoms with Crippen LogP contribution in [0.5, 0.6) is 0 Å². The van der Waals surface area contributed by atoms with Gasteiger partial charge in [0.2, 0.25) is 0 Å². The first-order valence-electron chi connectivity index (χ1n) is 11.7. The molecule has 6 nitrogen and oxygen atoms in total. The molecule has 2 fully saturated rings. The third-order valence-corrected chi connectivity index (χ3v) is 6.87. The number of likely N-dealkylation sites (N-methyl/N-ethyl adjacent to an activating group) is 1. The zero-order valence-corrected chi connectivity index (χ0v) is 20.0. The van der Waals surface area contributed by atoms with E-state index < -0.39 is 0 Å². The Balaban J connectivity index is 1.35. The second-order valence-corrected chi connectivity index (χ2v) is 9.43. The van der Waals surface area contributed by atoms with Crippen LogP contribution >= 0.6 is 12.2 Å². The highest BCUT2D eigenvalue weighted by Gasteiger charge is 2.19. The maximum Gasteiger partial charge on any atom is 0.170 e. The standard InChI is InChI=1S/C24H36N6S/c1-4-28-11-13-30(14-12-28)23-15-19(3)21-16-20(5-6-22(21)27-23)26-24(31)25-8-10-29-9-7-18(2)17-29/h5-6,15-16,18H,4,7-14,17H2,1-3H3,(H2,25,26,31). The highest BCUT2D eigenvalue weighted by Crippen LogP contribution is 2.26. The van der Waals surface area contributed by atoms with Crippen molar-refractivity contribution in [1.29, 1.82) is 0 Å². The van der Waals surface area contributed by atoms with E-state index in [0.29, 0.717) is 5.11 Å². The first kappa shape index (κ1) is 22.2. The Kier molecular flexibility index (Phi) is 7.25. The van der Waals surface area contributed by atoms with Crippen LogP contribution in [-0.4, -0.2) is 78.8 Å². The number of nitrogens with one attached hydrogen (secondary N) is 2.